The first-order valence-corrected chi connectivity index (χ1v) is 8.26. The van der Waals surface area contributed by atoms with Crippen LogP contribution < -0.4 is 0 Å². The number of halogens is 1. The van der Waals surface area contributed by atoms with Gasteiger partial charge in [0.1, 0.15) is 6.54 Å². The predicted octanol–water partition coefficient (Wildman–Crippen LogP) is 3.69. The Morgan fingerprint density at radius 3 is 2.91 bits per heavy atom. The molecule has 1 aliphatic rings. The number of rotatable bonds is 3. The first kappa shape index (κ1) is 15.5. The molecule has 0 N–H and O–H groups in total. The molecular formula is C16H16ClNO3S. The minimum Gasteiger partial charge on any atom is -0.632 e. The highest BCUT2D eigenvalue weighted by atomic mass is 35.5. The van der Waals surface area contributed by atoms with Gasteiger partial charge in [-0.3, -0.25) is 0 Å². The van der Waals surface area contributed by atoms with Crippen molar-refractivity contribution in [2.24, 2.45) is 0 Å². The van der Waals surface area contributed by atoms with Gasteiger partial charge in [-0.05, 0) is 17.5 Å². The number of fused-ring (bicyclic) bond motifs is 1. The Morgan fingerprint density at radius 2 is 2.18 bits per heavy atom. The molecule has 1 aliphatic heterocycles. The molecule has 1 unspecified atom stereocenters. The topological polar surface area (TPSA) is 49.4 Å². The maximum absolute atomic E-state index is 13.4. The lowest BCUT2D eigenvalue weighted by molar-refractivity contribution is -0.917. The Balaban J connectivity index is 2.04. The standard InChI is InChI=1S/C16H16ClNO3S/c1-21-16(19)15(12-4-2-3-5-13(12)17)18(20)8-6-14-11(10-18)7-9-22-14/h2-5,7,9,15H,6,8,10H2,1H3/t15-,18?/m0/s1. The molecule has 116 valence electrons. The number of quaternary nitrogens is 1. The molecule has 2 heterocycles. The van der Waals surface area contributed by atoms with Gasteiger partial charge in [-0.2, -0.15) is 0 Å². The van der Waals surface area contributed by atoms with Gasteiger partial charge in [0, 0.05) is 22.4 Å². The first-order valence-electron chi connectivity index (χ1n) is 7.00. The van der Waals surface area contributed by atoms with Gasteiger partial charge >= 0.3 is 5.97 Å². The van der Waals surface area contributed by atoms with Crippen molar-refractivity contribution in [3.05, 3.63) is 61.9 Å². The lowest BCUT2D eigenvalue weighted by atomic mass is 10.00. The zero-order valence-electron chi connectivity index (χ0n) is 12.1. The summed E-state index contributed by atoms with van der Waals surface area (Å²) in [5.41, 5.74) is 1.55. The minimum atomic E-state index is -0.952. The predicted molar refractivity (Wildman–Crippen MR) is 86.4 cm³/mol. The molecular weight excluding hydrogens is 322 g/mol. The van der Waals surface area contributed by atoms with Crippen LogP contribution in [-0.2, 0) is 22.5 Å². The lowest BCUT2D eigenvalue weighted by Crippen LogP contribution is -2.51. The molecule has 0 radical (unpaired) electrons. The second-order valence-electron chi connectivity index (χ2n) is 5.40. The number of hydrogen-bond donors (Lipinski definition) is 0. The third kappa shape index (κ3) is 2.65. The van der Waals surface area contributed by atoms with E-state index in [-0.39, 0.29) is 6.54 Å². The smallest absolute Gasteiger partial charge is 0.370 e. The van der Waals surface area contributed by atoms with Crippen LogP contribution in [0.15, 0.2) is 35.7 Å². The van der Waals surface area contributed by atoms with E-state index in [4.69, 9.17) is 16.3 Å². The maximum Gasteiger partial charge on any atom is 0.370 e. The fourth-order valence-corrected chi connectivity index (χ4v) is 4.12. The first-order chi connectivity index (χ1) is 10.5. The Kier molecular flexibility index (Phi) is 4.23. The van der Waals surface area contributed by atoms with E-state index in [1.54, 1.807) is 35.6 Å². The normalized spacial score (nSPS) is 22.0. The summed E-state index contributed by atoms with van der Waals surface area (Å²) in [5, 5.41) is 15.8. The monoisotopic (exact) mass is 337 g/mol. The number of methoxy groups -OCH3 is 1. The Labute approximate surface area is 138 Å². The summed E-state index contributed by atoms with van der Waals surface area (Å²) in [6.45, 7) is 0.613. The third-order valence-corrected chi connectivity index (χ3v) is 5.46. The van der Waals surface area contributed by atoms with Gasteiger partial charge < -0.3 is 14.6 Å². The number of hydroxylamine groups is 3. The molecule has 0 saturated carbocycles. The highest BCUT2D eigenvalue weighted by Crippen LogP contribution is 2.39. The average molecular weight is 338 g/mol. The summed E-state index contributed by atoms with van der Waals surface area (Å²) in [5.74, 6) is -0.540. The molecule has 0 fully saturated rings. The van der Waals surface area contributed by atoms with Crippen LogP contribution >= 0.6 is 22.9 Å². The molecule has 2 aromatic rings. The Hall–Kier alpha value is -1.40. The van der Waals surface area contributed by atoms with Crippen molar-refractivity contribution in [3.63, 3.8) is 0 Å². The number of ether oxygens (including phenoxy) is 1. The maximum atomic E-state index is 13.4. The molecule has 1 aromatic heterocycles. The second kappa shape index (κ2) is 6.01. The molecule has 2 atom stereocenters. The largest absolute Gasteiger partial charge is 0.632 e. The Morgan fingerprint density at radius 1 is 1.41 bits per heavy atom. The third-order valence-electron chi connectivity index (χ3n) is 4.09. The molecule has 1 aromatic carbocycles. The van der Waals surface area contributed by atoms with Crippen LogP contribution in [-0.4, -0.2) is 24.3 Å². The minimum absolute atomic E-state index is 0.268. The highest BCUT2D eigenvalue weighted by Gasteiger charge is 2.41. The van der Waals surface area contributed by atoms with E-state index in [0.29, 0.717) is 23.6 Å². The van der Waals surface area contributed by atoms with Gasteiger partial charge in [-0.15, -0.1) is 11.3 Å². The summed E-state index contributed by atoms with van der Waals surface area (Å²) in [6.07, 6.45) is 0.675. The van der Waals surface area contributed by atoms with E-state index in [0.717, 1.165) is 5.56 Å². The highest BCUT2D eigenvalue weighted by molar-refractivity contribution is 7.10. The van der Waals surface area contributed by atoms with Crippen molar-refractivity contribution < 1.29 is 14.2 Å². The average Bonchev–Trinajstić information content (AvgIpc) is 2.96. The molecule has 0 aliphatic carbocycles. The SMILES string of the molecule is COC(=O)[C@H](c1ccccc1Cl)[N+]1([O-])CCc2sccc2C1. The van der Waals surface area contributed by atoms with Crippen LogP contribution in [0.5, 0.6) is 0 Å². The van der Waals surface area contributed by atoms with Crippen molar-refractivity contribution in [1.82, 2.24) is 0 Å². The summed E-state index contributed by atoms with van der Waals surface area (Å²) in [7, 11) is 1.30. The molecule has 0 saturated heterocycles. The van der Waals surface area contributed by atoms with Crippen molar-refractivity contribution in [3.8, 4) is 0 Å². The van der Waals surface area contributed by atoms with E-state index < -0.39 is 16.7 Å². The molecule has 4 nitrogen and oxygen atoms in total. The van der Waals surface area contributed by atoms with Crippen LogP contribution in [0.25, 0.3) is 0 Å². The van der Waals surface area contributed by atoms with Crippen molar-refractivity contribution in [2.75, 3.05) is 13.7 Å². The number of hydrogen-bond acceptors (Lipinski definition) is 4. The van der Waals surface area contributed by atoms with E-state index in [9.17, 15) is 10.0 Å². The number of esters is 1. The van der Waals surface area contributed by atoms with Crippen LogP contribution in [0, 0.1) is 5.21 Å². The summed E-state index contributed by atoms with van der Waals surface area (Å²) < 4.78 is 4.25. The molecule has 0 bridgehead atoms. The molecule has 6 heteroatoms. The number of thiophene rings is 1. The van der Waals surface area contributed by atoms with Gasteiger partial charge in [0.05, 0.1) is 18.7 Å². The number of carbonyl (C=O) groups is 1. The van der Waals surface area contributed by atoms with E-state index in [1.807, 2.05) is 11.4 Å². The molecule has 0 amide bonds. The lowest BCUT2D eigenvalue weighted by Gasteiger charge is -2.49. The van der Waals surface area contributed by atoms with Crippen LogP contribution in [0.1, 0.15) is 22.0 Å². The summed E-state index contributed by atoms with van der Waals surface area (Å²) >= 11 is 7.89. The molecule has 0 spiro atoms. The van der Waals surface area contributed by atoms with E-state index in [1.165, 1.54) is 12.0 Å². The zero-order valence-corrected chi connectivity index (χ0v) is 13.7. The van der Waals surface area contributed by atoms with Crippen LogP contribution in [0.3, 0.4) is 0 Å². The fourth-order valence-electron chi connectivity index (χ4n) is 2.99. The second-order valence-corrected chi connectivity index (χ2v) is 6.81. The molecule has 22 heavy (non-hydrogen) atoms. The van der Waals surface area contributed by atoms with Crippen molar-refractivity contribution in [2.45, 2.75) is 19.0 Å². The van der Waals surface area contributed by atoms with Gasteiger partial charge in [-0.25, -0.2) is 4.79 Å². The summed E-state index contributed by atoms with van der Waals surface area (Å²) in [4.78, 5) is 13.6. The fraction of sp³-hybridized carbons (Fsp3) is 0.312. The van der Waals surface area contributed by atoms with Gasteiger partial charge in [0.25, 0.3) is 0 Å². The quantitative estimate of drug-likeness (QED) is 0.487. The van der Waals surface area contributed by atoms with Gasteiger partial charge in [0.2, 0.25) is 6.04 Å². The zero-order chi connectivity index (χ0) is 15.7. The van der Waals surface area contributed by atoms with Gasteiger partial charge in [0.15, 0.2) is 0 Å². The number of nitrogens with zero attached hydrogens (tertiary/aromatic N) is 1. The summed E-state index contributed by atoms with van der Waals surface area (Å²) in [6, 6.07) is 7.99. The van der Waals surface area contributed by atoms with E-state index in [2.05, 4.69) is 0 Å². The van der Waals surface area contributed by atoms with E-state index >= 15 is 0 Å². The van der Waals surface area contributed by atoms with Crippen LogP contribution in [0.2, 0.25) is 5.02 Å². The molecule has 3 rings (SSSR count). The van der Waals surface area contributed by atoms with Gasteiger partial charge in [-0.1, -0.05) is 29.8 Å². The number of benzene rings is 1. The van der Waals surface area contributed by atoms with Crippen LogP contribution in [0.4, 0.5) is 0 Å². The van der Waals surface area contributed by atoms with Crippen molar-refractivity contribution >= 4 is 28.9 Å². The Bertz CT molecular complexity index is 702. The van der Waals surface area contributed by atoms with Crippen molar-refractivity contribution in [1.29, 1.82) is 0 Å². The number of carbonyl (C=O) groups excluding carboxylic acids is 1.